The minimum Gasteiger partial charge on any atom is -0.366 e. The normalized spacial score (nSPS) is 10.1. The van der Waals surface area contributed by atoms with Crippen LogP contribution in [0.15, 0.2) is 66.7 Å². The molecule has 0 unspecified atom stereocenters. The van der Waals surface area contributed by atoms with E-state index in [0.29, 0.717) is 22.5 Å². The highest BCUT2D eigenvalue weighted by Crippen LogP contribution is 2.13. The number of aromatic nitrogens is 1. The summed E-state index contributed by atoms with van der Waals surface area (Å²) >= 11 is 0. The molecule has 6 N–H and O–H groups in total. The van der Waals surface area contributed by atoms with Crippen LogP contribution in [0, 0.1) is 0 Å². The molecule has 0 saturated heterocycles. The monoisotopic (exact) mass is 403 g/mol. The molecule has 0 atom stereocenters. The van der Waals surface area contributed by atoms with Gasteiger partial charge in [0.2, 0.25) is 11.8 Å². The lowest BCUT2D eigenvalue weighted by Gasteiger charge is -2.08. The number of carbonyl (C=O) groups excluding carboxylic acids is 4. The summed E-state index contributed by atoms with van der Waals surface area (Å²) in [5.41, 5.74) is 11.9. The predicted octanol–water partition coefficient (Wildman–Crippen LogP) is 1.78. The lowest BCUT2D eigenvalue weighted by Crippen LogP contribution is -2.18. The number of pyridine rings is 1. The van der Waals surface area contributed by atoms with E-state index in [0.717, 1.165) is 0 Å². The quantitative estimate of drug-likeness (QED) is 0.493. The van der Waals surface area contributed by atoms with E-state index < -0.39 is 23.6 Å². The largest absolute Gasteiger partial charge is 0.366 e. The molecule has 0 radical (unpaired) electrons. The number of amides is 4. The molecule has 0 saturated carbocycles. The van der Waals surface area contributed by atoms with Crippen LogP contribution in [0.1, 0.15) is 41.7 Å². The van der Waals surface area contributed by atoms with Crippen molar-refractivity contribution in [3.05, 3.63) is 89.2 Å². The summed E-state index contributed by atoms with van der Waals surface area (Å²) in [7, 11) is 0. The molecule has 0 fully saturated rings. The summed E-state index contributed by atoms with van der Waals surface area (Å²) in [6.45, 7) is 0. The second-order valence-corrected chi connectivity index (χ2v) is 6.20. The second-order valence-electron chi connectivity index (χ2n) is 6.20. The minimum atomic E-state index is -0.572. The molecule has 3 rings (SSSR count). The summed E-state index contributed by atoms with van der Waals surface area (Å²) in [6, 6.07) is 16.5. The van der Waals surface area contributed by atoms with Gasteiger partial charge in [0.1, 0.15) is 11.4 Å². The van der Waals surface area contributed by atoms with Crippen LogP contribution in [-0.2, 0) is 0 Å². The fourth-order valence-corrected chi connectivity index (χ4v) is 2.51. The zero-order valence-electron chi connectivity index (χ0n) is 15.6. The predicted molar refractivity (Wildman–Crippen MR) is 110 cm³/mol. The number of benzene rings is 2. The van der Waals surface area contributed by atoms with E-state index >= 15 is 0 Å². The van der Waals surface area contributed by atoms with Gasteiger partial charge in [-0.05, 0) is 60.7 Å². The zero-order chi connectivity index (χ0) is 21.7. The molecule has 2 aromatic carbocycles. The Morgan fingerprint density at radius 1 is 0.600 bits per heavy atom. The Morgan fingerprint density at radius 2 is 0.967 bits per heavy atom. The standard InChI is InChI=1S/C21H17N5O4/c22-18(27)12-4-8-14(9-5-12)24-20(29)16-2-1-3-17(26-16)21(30)25-15-10-6-13(7-11-15)19(23)28/h1-11H,(H2,22,27)(H2,23,28)(H,24,29)(H,25,30). The van der Waals surface area contributed by atoms with E-state index in [1.807, 2.05) is 0 Å². The first-order valence-electron chi connectivity index (χ1n) is 8.73. The van der Waals surface area contributed by atoms with Crippen molar-refractivity contribution >= 4 is 35.0 Å². The van der Waals surface area contributed by atoms with Crippen molar-refractivity contribution in [1.29, 1.82) is 0 Å². The third-order valence-corrected chi connectivity index (χ3v) is 4.07. The van der Waals surface area contributed by atoms with Crippen LogP contribution in [0.5, 0.6) is 0 Å². The third-order valence-electron chi connectivity index (χ3n) is 4.07. The van der Waals surface area contributed by atoms with Gasteiger partial charge in [0.05, 0.1) is 0 Å². The molecule has 1 heterocycles. The van der Waals surface area contributed by atoms with Gasteiger partial charge in [0, 0.05) is 22.5 Å². The topological polar surface area (TPSA) is 157 Å². The van der Waals surface area contributed by atoms with E-state index in [4.69, 9.17) is 11.5 Å². The van der Waals surface area contributed by atoms with Crippen molar-refractivity contribution in [2.24, 2.45) is 11.5 Å². The van der Waals surface area contributed by atoms with Gasteiger partial charge in [0.15, 0.2) is 0 Å². The lowest BCUT2D eigenvalue weighted by atomic mass is 10.2. The van der Waals surface area contributed by atoms with Crippen LogP contribution in [-0.4, -0.2) is 28.6 Å². The van der Waals surface area contributed by atoms with Crippen LogP contribution in [0.3, 0.4) is 0 Å². The number of hydrogen-bond donors (Lipinski definition) is 4. The molecule has 9 heteroatoms. The van der Waals surface area contributed by atoms with Crippen LogP contribution < -0.4 is 22.1 Å². The average Bonchev–Trinajstić information content (AvgIpc) is 2.74. The van der Waals surface area contributed by atoms with Gasteiger partial charge in [-0.3, -0.25) is 19.2 Å². The molecule has 0 aliphatic carbocycles. The molecular weight excluding hydrogens is 386 g/mol. The summed E-state index contributed by atoms with van der Waals surface area (Å²) < 4.78 is 0. The molecule has 0 spiro atoms. The molecule has 0 aliphatic rings. The van der Waals surface area contributed by atoms with E-state index in [-0.39, 0.29) is 11.4 Å². The Kier molecular flexibility index (Phi) is 5.83. The molecule has 4 amide bonds. The van der Waals surface area contributed by atoms with Crippen molar-refractivity contribution in [2.45, 2.75) is 0 Å². The van der Waals surface area contributed by atoms with E-state index in [9.17, 15) is 19.2 Å². The first-order chi connectivity index (χ1) is 14.3. The number of hydrogen-bond acceptors (Lipinski definition) is 5. The van der Waals surface area contributed by atoms with Crippen LogP contribution in [0.2, 0.25) is 0 Å². The number of rotatable bonds is 6. The van der Waals surface area contributed by atoms with Crippen molar-refractivity contribution in [1.82, 2.24) is 4.98 Å². The molecule has 3 aromatic rings. The Bertz CT molecular complexity index is 1040. The highest BCUT2D eigenvalue weighted by atomic mass is 16.2. The Hall–Kier alpha value is -4.53. The fraction of sp³-hybridized carbons (Fsp3) is 0. The Morgan fingerprint density at radius 3 is 1.30 bits per heavy atom. The van der Waals surface area contributed by atoms with Gasteiger partial charge < -0.3 is 22.1 Å². The van der Waals surface area contributed by atoms with Gasteiger partial charge in [-0.15, -0.1) is 0 Å². The summed E-state index contributed by atoms with van der Waals surface area (Å²) in [5, 5.41) is 5.26. The Balaban J connectivity index is 1.69. The van der Waals surface area contributed by atoms with Crippen LogP contribution in [0.25, 0.3) is 0 Å². The number of nitrogens with one attached hydrogen (secondary N) is 2. The zero-order valence-corrected chi connectivity index (χ0v) is 15.6. The van der Waals surface area contributed by atoms with Crippen molar-refractivity contribution in [3.63, 3.8) is 0 Å². The maximum absolute atomic E-state index is 12.4. The second kappa shape index (κ2) is 8.65. The van der Waals surface area contributed by atoms with Crippen LogP contribution >= 0.6 is 0 Å². The number of primary amides is 2. The van der Waals surface area contributed by atoms with Crippen molar-refractivity contribution in [3.8, 4) is 0 Å². The van der Waals surface area contributed by atoms with Gasteiger partial charge in [-0.25, -0.2) is 4.98 Å². The van der Waals surface area contributed by atoms with E-state index in [1.165, 1.54) is 66.7 Å². The lowest BCUT2D eigenvalue weighted by molar-refractivity contribution is 0.0992. The van der Waals surface area contributed by atoms with E-state index in [1.54, 1.807) is 0 Å². The fourth-order valence-electron chi connectivity index (χ4n) is 2.51. The first-order valence-corrected chi connectivity index (χ1v) is 8.73. The van der Waals surface area contributed by atoms with Gasteiger partial charge in [0.25, 0.3) is 11.8 Å². The minimum absolute atomic E-state index is 0.0331. The summed E-state index contributed by atoms with van der Waals surface area (Å²) in [5.74, 6) is -2.19. The van der Waals surface area contributed by atoms with Gasteiger partial charge in [-0.2, -0.15) is 0 Å². The molecule has 1 aromatic heterocycles. The average molecular weight is 403 g/mol. The molecule has 9 nitrogen and oxygen atoms in total. The van der Waals surface area contributed by atoms with Crippen molar-refractivity contribution in [2.75, 3.05) is 10.6 Å². The molecule has 0 aliphatic heterocycles. The molecule has 0 bridgehead atoms. The highest BCUT2D eigenvalue weighted by molar-refractivity contribution is 6.06. The molecule has 150 valence electrons. The SMILES string of the molecule is NC(=O)c1ccc(NC(=O)c2cccc(C(=O)Nc3ccc(C(N)=O)cc3)n2)cc1. The molecule has 30 heavy (non-hydrogen) atoms. The summed E-state index contributed by atoms with van der Waals surface area (Å²) in [6.07, 6.45) is 0. The smallest absolute Gasteiger partial charge is 0.274 e. The Labute approximate surface area is 171 Å². The summed E-state index contributed by atoms with van der Waals surface area (Å²) in [4.78, 5) is 51.1. The number of nitrogens with two attached hydrogens (primary N) is 2. The highest BCUT2D eigenvalue weighted by Gasteiger charge is 2.13. The van der Waals surface area contributed by atoms with Gasteiger partial charge >= 0.3 is 0 Å². The third kappa shape index (κ3) is 4.84. The van der Waals surface area contributed by atoms with Crippen molar-refractivity contribution < 1.29 is 19.2 Å². The number of carbonyl (C=O) groups is 4. The van der Waals surface area contributed by atoms with Gasteiger partial charge in [-0.1, -0.05) is 6.07 Å². The maximum Gasteiger partial charge on any atom is 0.274 e. The number of anilines is 2. The first kappa shape index (κ1) is 20.2. The van der Waals surface area contributed by atoms with Crippen LogP contribution in [0.4, 0.5) is 11.4 Å². The maximum atomic E-state index is 12.4. The molecular formula is C21H17N5O4. The number of nitrogens with zero attached hydrogens (tertiary/aromatic N) is 1. The van der Waals surface area contributed by atoms with E-state index in [2.05, 4.69) is 15.6 Å².